The van der Waals surface area contributed by atoms with Crippen LogP contribution in [0.5, 0.6) is 0 Å². The molecular weight excluding hydrogens is 280 g/mol. The first-order valence-corrected chi connectivity index (χ1v) is 6.24. The van der Waals surface area contributed by atoms with Gasteiger partial charge in [0, 0.05) is 24.1 Å². The van der Waals surface area contributed by atoms with Crippen molar-refractivity contribution in [2.45, 2.75) is 18.9 Å². The minimum atomic E-state index is -0.922. The Morgan fingerprint density at radius 3 is 2.65 bits per heavy atom. The number of benzene rings is 1. The summed E-state index contributed by atoms with van der Waals surface area (Å²) >= 11 is 3.47. The highest BCUT2D eigenvalue weighted by atomic mass is 79.9. The van der Waals surface area contributed by atoms with Gasteiger partial charge in [-0.1, -0.05) is 34.1 Å². The number of halogens is 1. The van der Waals surface area contributed by atoms with Crippen molar-refractivity contribution in [3.63, 3.8) is 0 Å². The number of rotatable bonds is 3. The van der Waals surface area contributed by atoms with Gasteiger partial charge in [-0.05, 0) is 24.6 Å². The molecule has 1 heterocycles. The normalized spacial score (nSPS) is 14.6. The van der Waals surface area contributed by atoms with E-state index in [0.717, 1.165) is 15.7 Å². The van der Waals surface area contributed by atoms with Crippen LogP contribution in [-0.4, -0.2) is 14.9 Å². The Balaban J connectivity index is 2.27. The van der Waals surface area contributed by atoms with Crippen molar-refractivity contribution in [2.75, 3.05) is 0 Å². The maximum Gasteiger partial charge on any atom is 0.0935 e. The second-order valence-corrected chi connectivity index (χ2v) is 5.27. The van der Waals surface area contributed by atoms with Crippen LogP contribution in [0.3, 0.4) is 0 Å². The maximum absolute atomic E-state index is 10.6. The molecule has 0 saturated heterocycles. The lowest BCUT2D eigenvalue weighted by Gasteiger charge is -2.24. The zero-order valence-electron chi connectivity index (χ0n) is 9.89. The number of hydrogen-bond donors (Lipinski definition) is 1. The van der Waals surface area contributed by atoms with Crippen LogP contribution in [0.2, 0.25) is 0 Å². The molecular formula is C13H15BrN2O. The molecule has 3 nitrogen and oxygen atoms in total. The molecule has 0 aliphatic carbocycles. The molecule has 1 N–H and O–H groups in total. The van der Waals surface area contributed by atoms with Crippen molar-refractivity contribution in [2.24, 2.45) is 7.05 Å². The average Bonchev–Trinajstić information content (AvgIpc) is 2.63. The fraction of sp³-hybridized carbons (Fsp3) is 0.308. The van der Waals surface area contributed by atoms with Gasteiger partial charge in [0.1, 0.15) is 0 Å². The van der Waals surface area contributed by atoms with Gasteiger partial charge in [-0.15, -0.1) is 0 Å². The molecule has 0 bridgehead atoms. The number of nitrogens with zero attached hydrogens (tertiary/aromatic N) is 2. The fourth-order valence-electron chi connectivity index (χ4n) is 1.90. The van der Waals surface area contributed by atoms with E-state index in [-0.39, 0.29) is 0 Å². The van der Waals surface area contributed by atoms with E-state index in [1.165, 1.54) is 0 Å². The van der Waals surface area contributed by atoms with Gasteiger partial charge in [-0.2, -0.15) is 5.10 Å². The van der Waals surface area contributed by atoms with Gasteiger partial charge in [-0.3, -0.25) is 4.68 Å². The highest BCUT2D eigenvalue weighted by molar-refractivity contribution is 9.10. The van der Waals surface area contributed by atoms with Gasteiger partial charge in [0.15, 0.2) is 0 Å². The van der Waals surface area contributed by atoms with Crippen molar-refractivity contribution in [3.05, 3.63) is 52.3 Å². The molecule has 0 spiro atoms. The van der Waals surface area contributed by atoms with Crippen molar-refractivity contribution >= 4 is 15.9 Å². The molecule has 2 aromatic rings. The van der Waals surface area contributed by atoms with Gasteiger partial charge in [0.05, 0.1) is 11.3 Å². The highest BCUT2D eigenvalue weighted by Crippen LogP contribution is 2.30. The molecule has 1 atom stereocenters. The third-order valence-electron chi connectivity index (χ3n) is 2.75. The minimum Gasteiger partial charge on any atom is -0.385 e. The first-order chi connectivity index (χ1) is 7.99. The molecule has 2 rings (SSSR count). The van der Waals surface area contributed by atoms with E-state index in [2.05, 4.69) is 21.0 Å². The summed E-state index contributed by atoms with van der Waals surface area (Å²) in [6.07, 6.45) is 2.38. The number of hydrogen-bond acceptors (Lipinski definition) is 2. The largest absolute Gasteiger partial charge is 0.385 e. The number of aromatic nitrogens is 2. The Hall–Kier alpha value is -1.13. The topological polar surface area (TPSA) is 38.0 Å². The van der Waals surface area contributed by atoms with E-state index in [1.54, 1.807) is 4.68 Å². The number of aliphatic hydroxyl groups is 1. The van der Waals surface area contributed by atoms with Crippen molar-refractivity contribution in [3.8, 4) is 0 Å². The molecule has 1 unspecified atom stereocenters. The summed E-state index contributed by atoms with van der Waals surface area (Å²) in [4.78, 5) is 0. The molecule has 0 radical (unpaired) electrons. The first kappa shape index (κ1) is 12.3. The Morgan fingerprint density at radius 2 is 2.06 bits per heavy atom. The monoisotopic (exact) mass is 294 g/mol. The highest BCUT2D eigenvalue weighted by Gasteiger charge is 2.26. The van der Waals surface area contributed by atoms with E-state index < -0.39 is 5.60 Å². The lowest BCUT2D eigenvalue weighted by Crippen LogP contribution is -2.25. The zero-order chi connectivity index (χ0) is 12.5. The van der Waals surface area contributed by atoms with Gasteiger partial charge >= 0.3 is 0 Å². The van der Waals surface area contributed by atoms with E-state index in [1.807, 2.05) is 50.5 Å². The summed E-state index contributed by atoms with van der Waals surface area (Å²) in [5, 5.41) is 14.8. The quantitative estimate of drug-likeness (QED) is 0.945. The molecule has 1 aromatic heterocycles. The molecule has 0 fully saturated rings. The van der Waals surface area contributed by atoms with Crippen LogP contribution in [0.4, 0.5) is 0 Å². The second-order valence-electron chi connectivity index (χ2n) is 4.41. The zero-order valence-corrected chi connectivity index (χ0v) is 11.5. The van der Waals surface area contributed by atoms with E-state index in [9.17, 15) is 5.11 Å². The lowest BCUT2D eigenvalue weighted by molar-refractivity contribution is 0.0557. The summed E-state index contributed by atoms with van der Waals surface area (Å²) < 4.78 is 2.66. The molecule has 90 valence electrons. The Morgan fingerprint density at radius 1 is 1.35 bits per heavy atom. The standard InChI is InChI=1S/C13H15BrN2O/c1-13(17,9-10-7-8-16(2)15-10)11-5-3-4-6-12(11)14/h3-8,17H,9H2,1-2H3. The molecule has 0 saturated carbocycles. The third-order valence-corrected chi connectivity index (χ3v) is 3.44. The first-order valence-electron chi connectivity index (χ1n) is 5.45. The molecule has 1 aromatic carbocycles. The van der Waals surface area contributed by atoms with Gasteiger partial charge in [0.2, 0.25) is 0 Å². The smallest absolute Gasteiger partial charge is 0.0935 e. The Bertz CT molecular complexity index is 520. The lowest BCUT2D eigenvalue weighted by atomic mass is 9.91. The minimum absolute atomic E-state index is 0.496. The van der Waals surface area contributed by atoms with E-state index >= 15 is 0 Å². The van der Waals surface area contributed by atoms with Gasteiger partial charge < -0.3 is 5.11 Å². The molecule has 0 amide bonds. The van der Waals surface area contributed by atoms with E-state index in [4.69, 9.17) is 0 Å². The predicted molar refractivity (Wildman–Crippen MR) is 70.6 cm³/mol. The van der Waals surface area contributed by atoms with Crippen LogP contribution < -0.4 is 0 Å². The molecule has 0 aliphatic heterocycles. The van der Waals surface area contributed by atoms with Crippen molar-refractivity contribution in [1.29, 1.82) is 0 Å². The second kappa shape index (κ2) is 4.63. The van der Waals surface area contributed by atoms with Crippen LogP contribution in [0, 0.1) is 0 Å². The van der Waals surface area contributed by atoms with Crippen molar-refractivity contribution in [1.82, 2.24) is 9.78 Å². The van der Waals surface area contributed by atoms with E-state index in [0.29, 0.717) is 6.42 Å². The summed E-state index contributed by atoms with van der Waals surface area (Å²) in [5.74, 6) is 0. The molecule has 0 aliphatic rings. The summed E-state index contributed by atoms with van der Waals surface area (Å²) in [5.41, 5.74) is 0.841. The fourth-order valence-corrected chi connectivity index (χ4v) is 2.62. The Kier molecular flexibility index (Phi) is 3.35. The summed E-state index contributed by atoms with van der Waals surface area (Å²) in [6, 6.07) is 9.64. The van der Waals surface area contributed by atoms with Crippen LogP contribution >= 0.6 is 15.9 Å². The van der Waals surface area contributed by atoms with Crippen molar-refractivity contribution < 1.29 is 5.11 Å². The van der Waals surface area contributed by atoms with Gasteiger partial charge in [0.25, 0.3) is 0 Å². The molecule has 4 heteroatoms. The van der Waals surface area contributed by atoms with Crippen LogP contribution in [-0.2, 0) is 19.1 Å². The molecule has 17 heavy (non-hydrogen) atoms. The maximum atomic E-state index is 10.6. The SMILES string of the molecule is Cn1ccc(CC(C)(O)c2ccccc2Br)n1. The average molecular weight is 295 g/mol. The van der Waals surface area contributed by atoms with Crippen LogP contribution in [0.1, 0.15) is 18.2 Å². The van der Waals surface area contributed by atoms with Crippen LogP contribution in [0.15, 0.2) is 41.0 Å². The van der Waals surface area contributed by atoms with Gasteiger partial charge in [-0.25, -0.2) is 0 Å². The predicted octanol–water partition coefficient (Wildman–Crippen LogP) is 2.63. The summed E-state index contributed by atoms with van der Waals surface area (Å²) in [7, 11) is 1.87. The Labute approximate surface area is 109 Å². The van der Waals surface area contributed by atoms with Crippen LogP contribution in [0.25, 0.3) is 0 Å². The number of aryl methyl sites for hydroxylation is 1. The third kappa shape index (κ3) is 2.76. The summed E-state index contributed by atoms with van der Waals surface area (Å²) in [6.45, 7) is 1.81.